The smallest absolute Gasteiger partial charge is 0.224 e. The molecule has 16 heavy (non-hydrogen) atoms. The lowest BCUT2D eigenvalue weighted by molar-refractivity contribution is -0.125. The quantitative estimate of drug-likeness (QED) is 0.760. The molecule has 0 aliphatic carbocycles. The monoisotopic (exact) mass is 250 g/mol. The number of halogens is 1. The van der Waals surface area contributed by atoms with E-state index in [1.165, 1.54) is 0 Å². The van der Waals surface area contributed by atoms with Gasteiger partial charge in [-0.25, -0.2) is 0 Å². The Morgan fingerprint density at radius 2 is 1.62 bits per heavy atom. The third kappa shape index (κ3) is 7.94. The number of amides is 1. The van der Waals surface area contributed by atoms with Gasteiger partial charge in [0.2, 0.25) is 5.91 Å². The molecular weight excluding hydrogens is 224 g/mol. The van der Waals surface area contributed by atoms with Crippen molar-refractivity contribution in [2.45, 2.75) is 59.5 Å². The summed E-state index contributed by atoms with van der Waals surface area (Å²) in [6.07, 6.45) is 2.18. The molecule has 0 saturated heterocycles. The largest absolute Gasteiger partial charge is 0.353 e. The molecule has 0 aromatic heterocycles. The summed E-state index contributed by atoms with van der Waals surface area (Å²) in [6, 6.07) is 0.170. The molecule has 0 fully saturated rings. The van der Waals surface area contributed by atoms with Crippen molar-refractivity contribution in [2.24, 2.45) is 17.6 Å². The number of carbonyl (C=O) groups is 1. The highest BCUT2D eigenvalue weighted by molar-refractivity contribution is 5.85. The van der Waals surface area contributed by atoms with Crippen molar-refractivity contribution in [2.75, 3.05) is 0 Å². The number of nitrogens with one attached hydrogen (secondary N) is 1. The highest BCUT2D eigenvalue weighted by Crippen LogP contribution is 2.07. The van der Waals surface area contributed by atoms with Gasteiger partial charge in [-0.2, -0.15) is 0 Å². The Balaban J connectivity index is 0. The third-order valence-corrected chi connectivity index (χ3v) is 2.77. The molecule has 4 heteroatoms. The van der Waals surface area contributed by atoms with Gasteiger partial charge in [0.25, 0.3) is 0 Å². The topological polar surface area (TPSA) is 55.1 Å². The molecular formula is C12H27ClN2O. The van der Waals surface area contributed by atoms with E-state index in [0.29, 0.717) is 5.92 Å². The molecule has 0 aliphatic heterocycles. The second-order valence-electron chi connectivity index (χ2n) is 5.03. The van der Waals surface area contributed by atoms with Gasteiger partial charge in [0.15, 0.2) is 0 Å². The lowest BCUT2D eigenvalue weighted by atomic mass is 10.0. The summed E-state index contributed by atoms with van der Waals surface area (Å²) in [5, 5.41) is 3.00. The van der Waals surface area contributed by atoms with Crippen LogP contribution in [-0.2, 0) is 4.79 Å². The van der Waals surface area contributed by atoms with Crippen LogP contribution in [0.5, 0.6) is 0 Å². The van der Waals surface area contributed by atoms with Gasteiger partial charge in [0.1, 0.15) is 0 Å². The van der Waals surface area contributed by atoms with Crippen LogP contribution in [0.3, 0.4) is 0 Å². The van der Waals surface area contributed by atoms with Gasteiger partial charge in [-0.3, -0.25) is 4.79 Å². The minimum absolute atomic E-state index is 0. The molecule has 0 aromatic rings. The first-order chi connectivity index (χ1) is 6.84. The SMILES string of the molecule is CC(C)CCC(C)NC(=O)C(C)C(C)N.Cl. The Morgan fingerprint density at radius 1 is 1.12 bits per heavy atom. The fourth-order valence-electron chi connectivity index (χ4n) is 1.27. The molecule has 0 saturated carbocycles. The summed E-state index contributed by atoms with van der Waals surface area (Å²) in [6.45, 7) is 10.2. The van der Waals surface area contributed by atoms with E-state index in [1.807, 2.05) is 20.8 Å². The fourth-order valence-corrected chi connectivity index (χ4v) is 1.27. The van der Waals surface area contributed by atoms with Crippen LogP contribution >= 0.6 is 12.4 Å². The molecule has 3 nitrogen and oxygen atoms in total. The van der Waals surface area contributed by atoms with Crippen molar-refractivity contribution in [1.82, 2.24) is 5.32 Å². The van der Waals surface area contributed by atoms with Crippen molar-refractivity contribution < 1.29 is 4.79 Å². The van der Waals surface area contributed by atoms with Gasteiger partial charge in [0, 0.05) is 18.0 Å². The minimum Gasteiger partial charge on any atom is -0.353 e. The predicted octanol–water partition coefficient (Wildman–Crippen LogP) is 2.33. The summed E-state index contributed by atoms with van der Waals surface area (Å²) in [4.78, 5) is 11.6. The van der Waals surface area contributed by atoms with Crippen LogP contribution in [0, 0.1) is 11.8 Å². The Labute approximate surface area is 106 Å². The van der Waals surface area contributed by atoms with Crippen LogP contribution in [0.1, 0.15) is 47.5 Å². The van der Waals surface area contributed by atoms with Gasteiger partial charge >= 0.3 is 0 Å². The van der Waals surface area contributed by atoms with E-state index in [4.69, 9.17) is 5.73 Å². The van der Waals surface area contributed by atoms with Crippen LogP contribution in [0.15, 0.2) is 0 Å². The number of nitrogens with two attached hydrogens (primary N) is 1. The summed E-state index contributed by atoms with van der Waals surface area (Å²) < 4.78 is 0. The Kier molecular flexibility index (Phi) is 9.98. The standard InChI is InChI=1S/C12H26N2O.ClH/c1-8(2)6-7-9(3)14-12(15)10(4)11(5)13;/h8-11H,6-7,13H2,1-5H3,(H,14,15);1H. The molecule has 98 valence electrons. The average molecular weight is 251 g/mol. The number of hydrogen-bond acceptors (Lipinski definition) is 2. The first-order valence-corrected chi connectivity index (χ1v) is 5.90. The molecule has 3 N–H and O–H groups in total. The maximum absolute atomic E-state index is 11.6. The second-order valence-corrected chi connectivity index (χ2v) is 5.03. The predicted molar refractivity (Wildman–Crippen MR) is 71.7 cm³/mol. The van der Waals surface area contributed by atoms with Crippen LogP contribution < -0.4 is 11.1 Å². The first kappa shape index (κ1) is 18.1. The Morgan fingerprint density at radius 3 is 2.00 bits per heavy atom. The van der Waals surface area contributed by atoms with E-state index < -0.39 is 0 Å². The first-order valence-electron chi connectivity index (χ1n) is 5.90. The highest BCUT2D eigenvalue weighted by atomic mass is 35.5. The van der Waals surface area contributed by atoms with Gasteiger partial charge in [-0.15, -0.1) is 12.4 Å². The number of hydrogen-bond donors (Lipinski definition) is 2. The maximum Gasteiger partial charge on any atom is 0.224 e. The van der Waals surface area contributed by atoms with E-state index in [0.717, 1.165) is 12.8 Å². The van der Waals surface area contributed by atoms with Crippen molar-refractivity contribution >= 4 is 18.3 Å². The minimum atomic E-state index is -0.105. The summed E-state index contributed by atoms with van der Waals surface area (Å²) in [5.41, 5.74) is 5.67. The third-order valence-electron chi connectivity index (χ3n) is 2.77. The normalized spacial score (nSPS) is 16.2. The molecule has 0 aromatic carbocycles. The molecule has 0 spiro atoms. The molecule has 0 bridgehead atoms. The lowest BCUT2D eigenvalue weighted by Crippen LogP contribution is -2.42. The summed E-state index contributed by atoms with van der Waals surface area (Å²) in [5.74, 6) is 0.656. The van der Waals surface area contributed by atoms with Crippen molar-refractivity contribution in [3.8, 4) is 0 Å². The second kappa shape index (κ2) is 8.82. The molecule has 0 heterocycles. The fraction of sp³-hybridized carbons (Fsp3) is 0.917. The van der Waals surface area contributed by atoms with E-state index in [-0.39, 0.29) is 36.3 Å². The lowest BCUT2D eigenvalue weighted by Gasteiger charge is -2.20. The van der Waals surface area contributed by atoms with Gasteiger partial charge in [-0.05, 0) is 32.6 Å². The van der Waals surface area contributed by atoms with Crippen LogP contribution in [0.2, 0.25) is 0 Å². The molecule has 0 radical (unpaired) electrons. The molecule has 0 rings (SSSR count). The zero-order valence-electron chi connectivity index (χ0n) is 11.1. The zero-order valence-corrected chi connectivity index (χ0v) is 11.9. The van der Waals surface area contributed by atoms with E-state index in [9.17, 15) is 4.79 Å². The van der Waals surface area contributed by atoms with Crippen molar-refractivity contribution in [3.63, 3.8) is 0 Å². The van der Waals surface area contributed by atoms with Crippen molar-refractivity contribution in [3.05, 3.63) is 0 Å². The molecule has 1 amide bonds. The average Bonchev–Trinajstić information content (AvgIpc) is 2.13. The molecule has 3 atom stereocenters. The van der Waals surface area contributed by atoms with Crippen LogP contribution in [0.4, 0.5) is 0 Å². The van der Waals surface area contributed by atoms with E-state index >= 15 is 0 Å². The zero-order chi connectivity index (χ0) is 12.0. The molecule has 3 unspecified atom stereocenters. The highest BCUT2D eigenvalue weighted by Gasteiger charge is 2.18. The van der Waals surface area contributed by atoms with E-state index in [1.54, 1.807) is 0 Å². The Hall–Kier alpha value is -0.280. The van der Waals surface area contributed by atoms with Gasteiger partial charge in [-0.1, -0.05) is 20.8 Å². The van der Waals surface area contributed by atoms with Crippen LogP contribution in [-0.4, -0.2) is 18.0 Å². The van der Waals surface area contributed by atoms with Crippen LogP contribution in [0.25, 0.3) is 0 Å². The number of rotatable bonds is 6. The summed E-state index contributed by atoms with van der Waals surface area (Å²) in [7, 11) is 0. The maximum atomic E-state index is 11.6. The Bertz CT molecular complexity index is 195. The molecule has 0 aliphatic rings. The van der Waals surface area contributed by atoms with E-state index in [2.05, 4.69) is 19.2 Å². The van der Waals surface area contributed by atoms with Gasteiger partial charge in [0.05, 0.1) is 0 Å². The summed E-state index contributed by atoms with van der Waals surface area (Å²) >= 11 is 0. The van der Waals surface area contributed by atoms with Crippen molar-refractivity contribution in [1.29, 1.82) is 0 Å². The number of carbonyl (C=O) groups excluding carboxylic acids is 1. The van der Waals surface area contributed by atoms with Gasteiger partial charge < -0.3 is 11.1 Å².